The Kier molecular flexibility index (Phi) is 8.29. The fourth-order valence-corrected chi connectivity index (χ4v) is 4.69. The van der Waals surface area contributed by atoms with E-state index in [-0.39, 0.29) is 6.29 Å². The molecule has 0 amide bonds. The Morgan fingerprint density at radius 3 is 2.23 bits per heavy atom. The summed E-state index contributed by atoms with van der Waals surface area (Å²) in [6, 6.07) is 8.31. The molecule has 0 atom stereocenters. The van der Waals surface area contributed by atoms with Crippen molar-refractivity contribution < 1.29 is 9.47 Å². The van der Waals surface area contributed by atoms with Crippen LogP contribution in [-0.4, -0.2) is 19.5 Å². The summed E-state index contributed by atoms with van der Waals surface area (Å²) in [4.78, 5) is 0. The molecule has 1 aliphatic heterocycles. The molecule has 0 bridgehead atoms. The molecule has 0 N–H and O–H groups in total. The quantitative estimate of drug-likeness (QED) is 0.471. The molecule has 1 aromatic carbocycles. The zero-order valence-electron chi connectivity index (χ0n) is 16.3. The Hall–Kier alpha value is -0.570. The van der Waals surface area contributed by atoms with Crippen LogP contribution in [0.1, 0.15) is 70.3 Å². The van der Waals surface area contributed by atoms with Crippen molar-refractivity contribution in [3.05, 3.63) is 34.9 Å². The van der Waals surface area contributed by atoms with E-state index in [4.69, 9.17) is 21.1 Å². The maximum atomic E-state index is 6.04. The van der Waals surface area contributed by atoms with E-state index >= 15 is 0 Å². The Morgan fingerprint density at radius 1 is 0.885 bits per heavy atom. The summed E-state index contributed by atoms with van der Waals surface area (Å²) in [7, 11) is 0. The van der Waals surface area contributed by atoms with Gasteiger partial charge in [0.05, 0.1) is 13.2 Å². The van der Waals surface area contributed by atoms with Crippen LogP contribution in [0.15, 0.2) is 24.3 Å². The highest BCUT2D eigenvalue weighted by Gasteiger charge is 2.32. The van der Waals surface area contributed by atoms with Gasteiger partial charge in [0.15, 0.2) is 6.29 Å². The number of hydrogen-bond donors (Lipinski definition) is 0. The Morgan fingerprint density at radius 2 is 1.58 bits per heavy atom. The SMILES string of the molecule is CCCC1COC(C2CCC(CCCCc3ccc(Cl)cc3)CC2)OC1. The number of aryl methyl sites for hydroxylation is 1. The van der Waals surface area contributed by atoms with Crippen LogP contribution in [0.3, 0.4) is 0 Å². The third-order valence-electron chi connectivity index (χ3n) is 6.21. The van der Waals surface area contributed by atoms with Crippen molar-refractivity contribution in [2.45, 2.75) is 77.4 Å². The Balaban J connectivity index is 1.27. The van der Waals surface area contributed by atoms with E-state index in [1.54, 1.807) is 0 Å². The number of unbranched alkanes of at least 4 members (excludes halogenated alkanes) is 1. The normalized spacial score (nSPS) is 29.6. The summed E-state index contributed by atoms with van der Waals surface area (Å²) in [5.74, 6) is 2.16. The van der Waals surface area contributed by atoms with E-state index in [1.165, 1.54) is 69.8 Å². The minimum Gasteiger partial charge on any atom is -0.352 e. The summed E-state index contributed by atoms with van der Waals surface area (Å²) < 4.78 is 12.1. The first-order chi connectivity index (χ1) is 12.7. The van der Waals surface area contributed by atoms with Crippen LogP contribution in [-0.2, 0) is 15.9 Å². The third kappa shape index (κ3) is 6.25. The topological polar surface area (TPSA) is 18.5 Å². The molecule has 2 aliphatic rings. The monoisotopic (exact) mass is 378 g/mol. The van der Waals surface area contributed by atoms with Crippen LogP contribution < -0.4 is 0 Å². The first-order valence-electron chi connectivity index (χ1n) is 10.7. The zero-order chi connectivity index (χ0) is 18.2. The van der Waals surface area contributed by atoms with E-state index in [0.717, 1.165) is 24.2 Å². The predicted octanol–water partition coefficient (Wildman–Crippen LogP) is 6.65. The van der Waals surface area contributed by atoms with Gasteiger partial charge in [0, 0.05) is 16.9 Å². The molecule has 1 saturated heterocycles. The predicted molar refractivity (Wildman–Crippen MR) is 109 cm³/mol. The second-order valence-electron chi connectivity index (χ2n) is 8.34. The molecule has 26 heavy (non-hydrogen) atoms. The number of hydrogen-bond acceptors (Lipinski definition) is 2. The largest absolute Gasteiger partial charge is 0.352 e. The minimum atomic E-state index is 0.0777. The second-order valence-corrected chi connectivity index (χ2v) is 8.78. The van der Waals surface area contributed by atoms with Gasteiger partial charge in [-0.15, -0.1) is 0 Å². The molecule has 1 saturated carbocycles. The Labute approximate surface area is 164 Å². The highest BCUT2D eigenvalue weighted by molar-refractivity contribution is 6.30. The van der Waals surface area contributed by atoms with Crippen LogP contribution in [0.25, 0.3) is 0 Å². The lowest BCUT2D eigenvalue weighted by Crippen LogP contribution is -2.38. The van der Waals surface area contributed by atoms with Gasteiger partial charge in [0.1, 0.15) is 0 Å². The molecule has 146 valence electrons. The van der Waals surface area contributed by atoms with Gasteiger partial charge in [-0.05, 0) is 68.6 Å². The maximum absolute atomic E-state index is 6.04. The highest BCUT2D eigenvalue weighted by atomic mass is 35.5. The van der Waals surface area contributed by atoms with Gasteiger partial charge in [-0.3, -0.25) is 0 Å². The van der Waals surface area contributed by atoms with Gasteiger partial charge in [0.2, 0.25) is 0 Å². The lowest BCUT2D eigenvalue weighted by atomic mass is 9.79. The molecular weight excluding hydrogens is 344 g/mol. The molecule has 1 aliphatic carbocycles. The molecule has 0 aromatic heterocycles. The molecule has 3 heteroatoms. The van der Waals surface area contributed by atoms with Crippen molar-refractivity contribution in [3.8, 4) is 0 Å². The van der Waals surface area contributed by atoms with Crippen molar-refractivity contribution in [2.75, 3.05) is 13.2 Å². The second kappa shape index (κ2) is 10.7. The third-order valence-corrected chi connectivity index (χ3v) is 6.46. The van der Waals surface area contributed by atoms with Gasteiger partial charge in [-0.2, -0.15) is 0 Å². The zero-order valence-corrected chi connectivity index (χ0v) is 17.1. The average molecular weight is 379 g/mol. The van der Waals surface area contributed by atoms with Crippen LogP contribution in [0, 0.1) is 17.8 Å². The average Bonchev–Trinajstić information content (AvgIpc) is 2.68. The van der Waals surface area contributed by atoms with Gasteiger partial charge < -0.3 is 9.47 Å². The molecule has 0 radical (unpaired) electrons. The maximum Gasteiger partial charge on any atom is 0.160 e. The summed E-state index contributed by atoms with van der Waals surface area (Å²) >= 11 is 5.95. The fourth-order valence-electron chi connectivity index (χ4n) is 4.57. The molecule has 1 aromatic rings. The Bertz CT molecular complexity index is 499. The molecule has 2 nitrogen and oxygen atoms in total. The van der Waals surface area contributed by atoms with Crippen molar-refractivity contribution >= 4 is 11.6 Å². The molecule has 2 fully saturated rings. The minimum absolute atomic E-state index is 0.0777. The first-order valence-corrected chi connectivity index (χ1v) is 11.1. The van der Waals surface area contributed by atoms with Gasteiger partial charge in [-0.1, -0.05) is 49.9 Å². The highest BCUT2D eigenvalue weighted by Crippen LogP contribution is 2.36. The van der Waals surface area contributed by atoms with Crippen molar-refractivity contribution in [1.29, 1.82) is 0 Å². The summed E-state index contributed by atoms with van der Waals surface area (Å²) in [5.41, 5.74) is 1.41. The van der Waals surface area contributed by atoms with Gasteiger partial charge >= 0.3 is 0 Å². The molecule has 1 heterocycles. The fraction of sp³-hybridized carbons (Fsp3) is 0.739. The summed E-state index contributed by atoms with van der Waals surface area (Å²) in [5, 5.41) is 0.831. The standard InChI is InChI=1S/C23H35ClO2/c1-2-5-20-16-25-23(26-17-20)21-12-8-18(9-13-21)6-3-4-7-19-10-14-22(24)15-11-19/h10-11,14-15,18,20-21,23H,2-9,12-13,16-17H2,1H3. The van der Waals surface area contributed by atoms with Gasteiger partial charge in [0.25, 0.3) is 0 Å². The molecule has 0 unspecified atom stereocenters. The summed E-state index contributed by atoms with van der Waals surface area (Å²) in [6.45, 7) is 4.05. The van der Waals surface area contributed by atoms with Crippen LogP contribution >= 0.6 is 11.6 Å². The van der Waals surface area contributed by atoms with Crippen molar-refractivity contribution in [1.82, 2.24) is 0 Å². The van der Waals surface area contributed by atoms with Crippen molar-refractivity contribution in [3.63, 3.8) is 0 Å². The number of rotatable bonds is 8. The van der Waals surface area contributed by atoms with Crippen LogP contribution in [0.5, 0.6) is 0 Å². The lowest BCUT2D eigenvalue weighted by molar-refractivity contribution is -0.230. The van der Waals surface area contributed by atoms with Crippen LogP contribution in [0.2, 0.25) is 5.02 Å². The summed E-state index contributed by atoms with van der Waals surface area (Å²) in [6.07, 6.45) is 13.0. The molecule has 3 rings (SSSR count). The first kappa shape index (κ1) is 20.2. The molecule has 0 spiro atoms. The van der Waals surface area contributed by atoms with E-state index in [2.05, 4.69) is 19.1 Å². The van der Waals surface area contributed by atoms with E-state index in [0.29, 0.717) is 11.8 Å². The van der Waals surface area contributed by atoms with E-state index < -0.39 is 0 Å². The number of benzene rings is 1. The van der Waals surface area contributed by atoms with Crippen molar-refractivity contribution in [2.24, 2.45) is 17.8 Å². The van der Waals surface area contributed by atoms with E-state index in [9.17, 15) is 0 Å². The van der Waals surface area contributed by atoms with Gasteiger partial charge in [-0.25, -0.2) is 0 Å². The number of halogens is 1. The smallest absolute Gasteiger partial charge is 0.160 e. The van der Waals surface area contributed by atoms with Crippen LogP contribution in [0.4, 0.5) is 0 Å². The molecular formula is C23H35ClO2. The number of ether oxygens (including phenoxy) is 2. The lowest BCUT2D eigenvalue weighted by Gasteiger charge is -2.37. The van der Waals surface area contributed by atoms with E-state index in [1.807, 2.05) is 12.1 Å².